The summed E-state index contributed by atoms with van der Waals surface area (Å²) in [4.78, 5) is 11.4. The maximum atomic E-state index is 10.4. The molecule has 0 radical (unpaired) electrons. The molecule has 1 aromatic heterocycles. The van der Waals surface area contributed by atoms with Gasteiger partial charge in [-0.15, -0.1) is 10.2 Å². The molecule has 0 aliphatic heterocycles. The van der Waals surface area contributed by atoms with Crippen LogP contribution in [-0.2, 0) is 0 Å². The first-order valence-electron chi connectivity index (χ1n) is 3.07. The van der Waals surface area contributed by atoms with Crippen molar-refractivity contribution in [1.29, 1.82) is 0 Å². The zero-order chi connectivity index (χ0) is 9.14. The van der Waals surface area contributed by atoms with Crippen molar-refractivity contribution in [3.8, 4) is 0 Å². The number of anilines is 1. The summed E-state index contributed by atoms with van der Waals surface area (Å²) in [5.41, 5.74) is 0. The van der Waals surface area contributed by atoms with Gasteiger partial charge in [-0.3, -0.25) is 4.90 Å². The van der Waals surface area contributed by atoms with E-state index in [-0.39, 0.29) is 11.0 Å². The van der Waals surface area contributed by atoms with Crippen LogP contribution in [0.5, 0.6) is 0 Å². The molecule has 0 saturated carbocycles. The van der Waals surface area contributed by atoms with Crippen LogP contribution in [0.2, 0.25) is 5.15 Å². The van der Waals surface area contributed by atoms with Crippen molar-refractivity contribution in [1.82, 2.24) is 10.2 Å². The SMILES string of the molecule is CN(C(=O)O)c1ccc(Cl)nn1. The molecule has 1 heterocycles. The number of carbonyl (C=O) groups is 1. The lowest BCUT2D eigenvalue weighted by Crippen LogP contribution is -2.24. The first-order chi connectivity index (χ1) is 5.61. The van der Waals surface area contributed by atoms with E-state index in [4.69, 9.17) is 16.7 Å². The fourth-order valence-electron chi connectivity index (χ4n) is 0.586. The van der Waals surface area contributed by atoms with Crippen LogP contribution in [0.3, 0.4) is 0 Å². The molecular formula is C6H6ClN3O2. The fraction of sp³-hybridized carbons (Fsp3) is 0.167. The number of rotatable bonds is 1. The first-order valence-corrected chi connectivity index (χ1v) is 3.45. The van der Waals surface area contributed by atoms with Gasteiger partial charge in [0.15, 0.2) is 11.0 Å². The third kappa shape index (κ3) is 1.82. The second-order valence-electron chi connectivity index (χ2n) is 2.06. The van der Waals surface area contributed by atoms with Crippen molar-refractivity contribution in [3.05, 3.63) is 17.3 Å². The highest BCUT2D eigenvalue weighted by atomic mass is 35.5. The van der Waals surface area contributed by atoms with Crippen LogP contribution in [-0.4, -0.2) is 28.4 Å². The highest BCUT2D eigenvalue weighted by Gasteiger charge is 2.09. The van der Waals surface area contributed by atoms with Gasteiger partial charge < -0.3 is 5.11 Å². The van der Waals surface area contributed by atoms with Crippen molar-refractivity contribution in [2.24, 2.45) is 0 Å². The molecule has 64 valence electrons. The topological polar surface area (TPSA) is 66.3 Å². The van der Waals surface area contributed by atoms with E-state index >= 15 is 0 Å². The average molecular weight is 188 g/mol. The summed E-state index contributed by atoms with van der Waals surface area (Å²) in [5.74, 6) is 0.243. The number of hydrogen-bond donors (Lipinski definition) is 1. The molecule has 0 bridgehead atoms. The number of amides is 1. The summed E-state index contributed by atoms with van der Waals surface area (Å²) < 4.78 is 0. The van der Waals surface area contributed by atoms with Gasteiger partial charge in [-0.05, 0) is 12.1 Å². The molecule has 0 aliphatic carbocycles. The minimum Gasteiger partial charge on any atom is -0.465 e. The molecule has 1 rings (SSSR count). The fourth-order valence-corrected chi connectivity index (χ4v) is 0.687. The van der Waals surface area contributed by atoms with Crippen LogP contribution < -0.4 is 4.90 Å². The van der Waals surface area contributed by atoms with E-state index in [0.29, 0.717) is 0 Å². The quantitative estimate of drug-likeness (QED) is 0.719. The van der Waals surface area contributed by atoms with E-state index in [0.717, 1.165) is 4.90 Å². The zero-order valence-electron chi connectivity index (χ0n) is 6.23. The maximum Gasteiger partial charge on any atom is 0.412 e. The van der Waals surface area contributed by atoms with Gasteiger partial charge in [-0.2, -0.15) is 0 Å². The largest absolute Gasteiger partial charge is 0.465 e. The molecule has 1 amide bonds. The first kappa shape index (κ1) is 8.73. The molecule has 0 spiro atoms. The highest BCUT2D eigenvalue weighted by molar-refractivity contribution is 6.29. The number of aromatic nitrogens is 2. The number of nitrogens with zero attached hydrogens (tertiary/aromatic N) is 3. The van der Waals surface area contributed by atoms with Crippen LogP contribution in [0.4, 0.5) is 10.6 Å². The maximum absolute atomic E-state index is 10.4. The van der Waals surface area contributed by atoms with E-state index in [9.17, 15) is 4.79 Å². The Morgan fingerprint density at radius 3 is 2.67 bits per heavy atom. The van der Waals surface area contributed by atoms with Gasteiger partial charge in [0.2, 0.25) is 0 Å². The molecule has 0 unspecified atom stereocenters. The van der Waals surface area contributed by atoms with Gasteiger partial charge in [0.25, 0.3) is 0 Å². The predicted octanol–water partition coefficient (Wildman–Crippen LogP) is 1.24. The average Bonchev–Trinajstić information content (AvgIpc) is 2.04. The van der Waals surface area contributed by atoms with Crippen molar-refractivity contribution < 1.29 is 9.90 Å². The second kappa shape index (κ2) is 3.36. The predicted molar refractivity (Wildman–Crippen MR) is 43.5 cm³/mol. The Bertz CT molecular complexity index is 287. The van der Waals surface area contributed by atoms with E-state index < -0.39 is 6.09 Å². The van der Waals surface area contributed by atoms with Crippen molar-refractivity contribution in [3.63, 3.8) is 0 Å². The molecular weight excluding hydrogens is 182 g/mol. The summed E-state index contributed by atoms with van der Waals surface area (Å²) in [6, 6.07) is 2.95. The van der Waals surface area contributed by atoms with Gasteiger partial charge in [0.05, 0.1) is 0 Å². The Morgan fingerprint density at radius 2 is 2.25 bits per heavy atom. The zero-order valence-corrected chi connectivity index (χ0v) is 6.99. The lowest BCUT2D eigenvalue weighted by Gasteiger charge is -2.09. The third-order valence-corrected chi connectivity index (χ3v) is 1.45. The summed E-state index contributed by atoms with van der Waals surface area (Å²) >= 11 is 5.46. The number of halogens is 1. The molecule has 0 atom stereocenters. The van der Waals surface area contributed by atoms with Crippen LogP contribution in [0.25, 0.3) is 0 Å². The summed E-state index contributed by atoms with van der Waals surface area (Å²) in [5, 5.41) is 15.8. The van der Waals surface area contributed by atoms with Crippen LogP contribution >= 0.6 is 11.6 Å². The van der Waals surface area contributed by atoms with E-state index in [1.54, 1.807) is 0 Å². The molecule has 0 aliphatic rings. The lowest BCUT2D eigenvalue weighted by atomic mass is 10.5. The minimum absolute atomic E-state index is 0.234. The van der Waals surface area contributed by atoms with Crippen molar-refractivity contribution in [2.75, 3.05) is 11.9 Å². The van der Waals surface area contributed by atoms with E-state index in [1.165, 1.54) is 19.2 Å². The second-order valence-corrected chi connectivity index (χ2v) is 2.44. The van der Waals surface area contributed by atoms with Crippen molar-refractivity contribution in [2.45, 2.75) is 0 Å². The Labute approximate surface area is 73.6 Å². The Hall–Kier alpha value is -1.36. The van der Waals surface area contributed by atoms with Crippen LogP contribution in [0.15, 0.2) is 12.1 Å². The molecule has 1 N–H and O–H groups in total. The molecule has 6 heteroatoms. The number of carboxylic acid groups (broad SMARTS) is 1. The van der Waals surface area contributed by atoms with Gasteiger partial charge in [0, 0.05) is 7.05 Å². The van der Waals surface area contributed by atoms with Crippen LogP contribution in [0.1, 0.15) is 0 Å². The molecule has 5 nitrogen and oxygen atoms in total. The van der Waals surface area contributed by atoms with Gasteiger partial charge >= 0.3 is 6.09 Å². The highest BCUT2D eigenvalue weighted by Crippen LogP contribution is 2.09. The minimum atomic E-state index is -1.09. The molecule has 1 aromatic rings. The summed E-state index contributed by atoms with van der Waals surface area (Å²) in [7, 11) is 1.38. The standard InChI is InChI=1S/C6H6ClN3O2/c1-10(6(11)12)5-3-2-4(7)8-9-5/h2-3H,1H3,(H,11,12). The molecule has 0 saturated heterocycles. The van der Waals surface area contributed by atoms with Gasteiger partial charge in [0.1, 0.15) is 0 Å². The molecule has 0 aromatic carbocycles. The van der Waals surface area contributed by atoms with E-state index in [1.807, 2.05) is 0 Å². The van der Waals surface area contributed by atoms with Crippen molar-refractivity contribution >= 4 is 23.5 Å². The Morgan fingerprint density at radius 1 is 1.58 bits per heavy atom. The third-order valence-electron chi connectivity index (χ3n) is 1.25. The van der Waals surface area contributed by atoms with Gasteiger partial charge in [-0.25, -0.2) is 4.79 Å². The molecule has 12 heavy (non-hydrogen) atoms. The normalized spacial score (nSPS) is 9.50. The lowest BCUT2D eigenvalue weighted by molar-refractivity contribution is 0.203. The smallest absolute Gasteiger partial charge is 0.412 e. The van der Waals surface area contributed by atoms with Crippen LogP contribution in [0, 0.1) is 0 Å². The van der Waals surface area contributed by atoms with E-state index in [2.05, 4.69) is 10.2 Å². The monoisotopic (exact) mass is 187 g/mol. The Balaban J connectivity index is 2.89. The van der Waals surface area contributed by atoms with Gasteiger partial charge in [-0.1, -0.05) is 11.6 Å². The Kier molecular flexibility index (Phi) is 2.44. The summed E-state index contributed by atoms with van der Waals surface area (Å²) in [6.07, 6.45) is -1.09. The molecule has 0 fully saturated rings. The number of hydrogen-bond acceptors (Lipinski definition) is 3. The summed E-state index contributed by atoms with van der Waals surface area (Å²) in [6.45, 7) is 0.